The molecule has 28 heavy (non-hydrogen) atoms. The molecule has 0 aliphatic rings. The number of halogens is 1. The van der Waals surface area contributed by atoms with Gasteiger partial charge in [0.15, 0.2) is 8.68 Å². The summed E-state index contributed by atoms with van der Waals surface area (Å²) >= 11 is 10.3. The summed E-state index contributed by atoms with van der Waals surface area (Å²) in [5.41, 5.74) is 3.62. The van der Waals surface area contributed by atoms with Gasteiger partial charge in [0.2, 0.25) is 0 Å². The summed E-state index contributed by atoms with van der Waals surface area (Å²) in [6.45, 7) is 0. The van der Waals surface area contributed by atoms with E-state index in [2.05, 4.69) is 20.7 Å². The maximum Gasteiger partial charge on any atom is 0.250 e. The fourth-order valence-corrected chi connectivity index (χ4v) is 4.77. The monoisotopic (exact) mass is 450 g/mol. The van der Waals surface area contributed by atoms with Gasteiger partial charge in [0.05, 0.1) is 12.0 Å². The van der Waals surface area contributed by atoms with Crippen LogP contribution in [0.3, 0.4) is 0 Å². The van der Waals surface area contributed by atoms with E-state index in [0.29, 0.717) is 5.76 Å². The Morgan fingerprint density at radius 3 is 2.75 bits per heavy atom. The Bertz CT molecular complexity index is 940. The first kappa shape index (κ1) is 20.7. The largest absolute Gasteiger partial charge is 0.465 e. The van der Waals surface area contributed by atoms with Crippen LogP contribution in [0.25, 0.3) is 6.08 Å². The molecule has 0 spiro atoms. The first-order valence-electron chi connectivity index (χ1n) is 8.04. The van der Waals surface area contributed by atoms with Gasteiger partial charge in [0, 0.05) is 17.0 Å². The first-order valence-corrected chi connectivity index (χ1v) is 11.2. The van der Waals surface area contributed by atoms with Gasteiger partial charge in [-0.25, -0.2) is 5.43 Å². The topological polar surface area (TPSA) is 80.4 Å². The van der Waals surface area contributed by atoms with Crippen molar-refractivity contribution in [3.63, 3.8) is 0 Å². The van der Waals surface area contributed by atoms with Crippen LogP contribution in [-0.2, 0) is 10.5 Å². The van der Waals surface area contributed by atoms with E-state index < -0.39 is 0 Å². The number of aromatic nitrogens is 2. The predicted molar refractivity (Wildman–Crippen MR) is 116 cm³/mol. The first-order chi connectivity index (χ1) is 13.7. The van der Waals surface area contributed by atoms with Crippen LogP contribution in [0.5, 0.6) is 0 Å². The zero-order valence-corrected chi connectivity index (χ0v) is 17.7. The van der Waals surface area contributed by atoms with Crippen molar-refractivity contribution in [2.24, 2.45) is 5.10 Å². The number of carbonyl (C=O) groups is 1. The van der Waals surface area contributed by atoms with E-state index in [1.54, 1.807) is 36.2 Å². The molecule has 0 aliphatic carbocycles. The number of furan rings is 1. The van der Waals surface area contributed by atoms with Crippen LogP contribution in [0.4, 0.5) is 0 Å². The van der Waals surface area contributed by atoms with Gasteiger partial charge in [-0.1, -0.05) is 58.6 Å². The van der Waals surface area contributed by atoms with Gasteiger partial charge in [0.1, 0.15) is 5.76 Å². The Kier molecular flexibility index (Phi) is 8.16. The molecule has 0 aliphatic heterocycles. The number of benzene rings is 1. The average molecular weight is 451 g/mol. The molecule has 3 rings (SSSR count). The van der Waals surface area contributed by atoms with Gasteiger partial charge in [-0.2, -0.15) is 5.10 Å². The lowest BCUT2D eigenvalue weighted by Gasteiger charge is -1.98. The molecular formula is C18H15ClN4O2S3. The molecule has 1 N–H and O–H groups in total. The zero-order chi connectivity index (χ0) is 19.6. The minimum Gasteiger partial charge on any atom is -0.465 e. The highest BCUT2D eigenvalue weighted by Gasteiger charge is 2.08. The molecular weight excluding hydrogens is 436 g/mol. The summed E-state index contributed by atoms with van der Waals surface area (Å²) in [6.07, 6.45) is 6.50. The van der Waals surface area contributed by atoms with E-state index in [4.69, 9.17) is 16.0 Å². The molecule has 0 fully saturated rings. The summed E-state index contributed by atoms with van der Waals surface area (Å²) in [5.74, 6) is 1.51. The SMILES string of the molecule is O=C(CSc1nnc(SCc2ccc(Cl)cc2)s1)N/N=C\C=C/c1ccco1. The van der Waals surface area contributed by atoms with Crippen LogP contribution in [0.1, 0.15) is 11.3 Å². The van der Waals surface area contributed by atoms with E-state index >= 15 is 0 Å². The Morgan fingerprint density at radius 1 is 1.21 bits per heavy atom. The maximum atomic E-state index is 11.8. The average Bonchev–Trinajstić information content (AvgIpc) is 3.38. The van der Waals surface area contributed by atoms with Crippen molar-refractivity contribution < 1.29 is 9.21 Å². The van der Waals surface area contributed by atoms with Gasteiger partial charge in [-0.15, -0.1) is 10.2 Å². The second kappa shape index (κ2) is 11.1. The molecule has 0 bridgehead atoms. The number of nitrogens with zero attached hydrogens (tertiary/aromatic N) is 3. The van der Waals surface area contributed by atoms with Gasteiger partial charge < -0.3 is 4.42 Å². The molecule has 0 saturated heterocycles. The number of nitrogens with one attached hydrogen (secondary N) is 1. The van der Waals surface area contributed by atoms with Gasteiger partial charge in [-0.05, 0) is 42.0 Å². The lowest BCUT2D eigenvalue weighted by atomic mass is 10.2. The third-order valence-corrected chi connectivity index (χ3v) is 6.66. The Balaban J connectivity index is 1.36. The zero-order valence-electron chi connectivity index (χ0n) is 14.4. The number of rotatable bonds is 9. The standard InChI is InChI=1S/C18H15ClN4O2S3/c19-14-7-5-13(6-8-14)11-26-17-22-23-18(28-17)27-12-16(24)21-20-9-1-3-15-4-2-10-25-15/h1-10H,11-12H2,(H,21,24)/b3-1-,20-9-. The van der Waals surface area contributed by atoms with Crippen molar-refractivity contribution in [1.29, 1.82) is 0 Å². The number of hydrazone groups is 1. The van der Waals surface area contributed by atoms with Crippen molar-refractivity contribution in [3.8, 4) is 0 Å². The minimum atomic E-state index is -0.210. The second-order valence-electron chi connectivity index (χ2n) is 5.23. The molecule has 10 heteroatoms. The minimum absolute atomic E-state index is 0.210. The number of amides is 1. The summed E-state index contributed by atoms with van der Waals surface area (Å²) < 4.78 is 6.75. The Labute approximate surface area is 179 Å². The van der Waals surface area contributed by atoms with Crippen molar-refractivity contribution in [2.45, 2.75) is 14.4 Å². The number of hydrogen-bond acceptors (Lipinski definition) is 8. The Hall–Kier alpha value is -2.07. The van der Waals surface area contributed by atoms with E-state index in [1.165, 1.54) is 29.3 Å². The van der Waals surface area contributed by atoms with E-state index in [9.17, 15) is 4.79 Å². The second-order valence-corrected chi connectivity index (χ2v) is 9.08. The molecule has 144 valence electrons. The van der Waals surface area contributed by atoms with Crippen molar-refractivity contribution in [1.82, 2.24) is 15.6 Å². The number of allylic oxidation sites excluding steroid dienone is 1. The molecule has 0 radical (unpaired) electrons. The highest BCUT2D eigenvalue weighted by Crippen LogP contribution is 2.30. The van der Waals surface area contributed by atoms with E-state index in [0.717, 1.165) is 25.0 Å². The molecule has 0 atom stereocenters. The Morgan fingerprint density at radius 2 is 2.00 bits per heavy atom. The van der Waals surface area contributed by atoms with E-state index in [-0.39, 0.29) is 11.7 Å². The molecule has 2 aromatic heterocycles. The van der Waals surface area contributed by atoms with Gasteiger partial charge in [0.25, 0.3) is 5.91 Å². The summed E-state index contributed by atoms with van der Waals surface area (Å²) in [7, 11) is 0. The quantitative estimate of drug-likeness (QED) is 0.281. The molecule has 2 heterocycles. The van der Waals surface area contributed by atoms with Crippen LogP contribution in [-0.4, -0.2) is 28.1 Å². The van der Waals surface area contributed by atoms with Crippen molar-refractivity contribution >= 4 is 64.7 Å². The normalized spacial score (nSPS) is 11.5. The third kappa shape index (κ3) is 7.16. The lowest BCUT2D eigenvalue weighted by Crippen LogP contribution is -2.19. The predicted octanol–water partition coefficient (Wildman–Crippen LogP) is 4.98. The highest BCUT2D eigenvalue weighted by molar-refractivity contribution is 8.03. The summed E-state index contributed by atoms with van der Waals surface area (Å²) in [6, 6.07) is 11.3. The lowest BCUT2D eigenvalue weighted by molar-refractivity contribution is -0.118. The van der Waals surface area contributed by atoms with Crippen molar-refractivity contribution in [2.75, 3.05) is 5.75 Å². The molecule has 0 saturated carbocycles. The van der Waals surface area contributed by atoms with Crippen LogP contribution >= 0.6 is 46.5 Å². The molecule has 6 nitrogen and oxygen atoms in total. The maximum absolute atomic E-state index is 11.8. The van der Waals surface area contributed by atoms with Gasteiger partial charge >= 0.3 is 0 Å². The molecule has 1 amide bonds. The van der Waals surface area contributed by atoms with Crippen LogP contribution < -0.4 is 5.43 Å². The van der Waals surface area contributed by atoms with Crippen LogP contribution in [0, 0.1) is 0 Å². The number of carbonyl (C=O) groups excluding carboxylic acids is 1. The number of thioether (sulfide) groups is 2. The fraction of sp³-hybridized carbons (Fsp3) is 0.111. The molecule has 1 aromatic carbocycles. The van der Waals surface area contributed by atoms with Crippen molar-refractivity contribution in [3.05, 3.63) is 65.1 Å². The number of hydrogen-bond donors (Lipinski definition) is 1. The summed E-state index contributed by atoms with van der Waals surface area (Å²) in [4.78, 5) is 11.8. The van der Waals surface area contributed by atoms with Crippen LogP contribution in [0.2, 0.25) is 5.02 Å². The van der Waals surface area contributed by atoms with E-state index in [1.807, 2.05) is 30.3 Å². The van der Waals surface area contributed by atoms with Crippen LogP contribution in [0.15, 0.2) is 66.9 Å². The summed E-state index contributed by atoms with van der Waals surface area (Å²) in [5, 5.41) is 12.8. The fourth-order valence-electron chi connectivity index (χ4n) is 1.88. The molecule has 0 unspecified atom stereocenters. The molecule has 3 aromatic rings. The third-order valence-electron chi connectivity index (χ3n) is 3.14. The van der Waals surface area contributed by atoms with Gasteiger partial charge in [-0.3, -0.25) is 4.79 Å². The smallest absolute Gasteiger partial charge is 0.250 e. The highest BCUT2D eigenvalue weighted by atomic mass is 35.5.